The lowest BCUT2D eigenvalue weighted by Crippen LogP contribution is -2.24. The second kappa shape index (κ2) is 12.0. The van der Waals surface area contributed by atoms with E-state index in [1.807, 2.05) is 49.5 Å². The molecule has 1 aromatic carbocycles. The zero-order chi connectivity index (χ0) is 22.9. The van der Waals surface area contributed by atoms with Gasteiger partial charge in [-0.3, -0.25) is 9.78 Å². The number of aromatic nitrogens is 2. The van der Waals surface area contributed by atoms with Gasteiger partial charge in [-0.2, -0.15) is 0 Å². The number of nitrogens with one attached hydrogen (secondary N) is 2. The highest BCUT2D eigenvalue weighted by molar-refractivity contribution is 9.10. The van der Waals surface area contributed by atoms with E-state index in [2.05, 4.69) is 45.4 Å². The van der Waals surface area contributed by atoms with Crippen LogP contribution >= 0.6 is 15.9 Å². The highest BCUT2D eigenvalue weighted by Gasteiger charge is 2.16. The molecule has 2 aromatic heterocycles. The molecule has 32 heavy (non-hydrogen) atoms. The van der Waals surface area contributed by atoms with Crippen LogP contribution in [-0.2, 0) is 7.05 Å². The summed E-state index contributed by atoms with van der Waals surface area (Å²) in [5, 5.41) is 6.84. The summed E-state index contributed by atoms with van der Waals surface area (Å²) in [6.45, 7) is 6.20. The van der Waals surface area contributed by atoms with Crippen molar-refractivity contribution in [1.82, 2.24) is 14.9 Å². The van der Waals surface area contributed by atoms with Crippen molar-refractivity contribution in [3.63, 3.8) is 0 Å². The molecule has 0 saturated heterocycles. The monoisotopic (exact) mass is 496 g/mol. The van der Waals surface area contributed by atoms with Crippen molar-refractivity contribution in [2.75, 3.05) is 18.4 Å². The fraction of sp³-hybridized carbons (Fsp3) is 0.385. The highest BCUT2D eigenvalue weighted by Crippen LogP contribution is 2.33. The highest BCUT2D eigenvalue weighted by atomic mass is 79.9. The molecule has 0 radical (unpaired) electrons. The van der Waals surface area contributed by atoms with Crippen LogP contribution in [0, 0.1) is 0 Å². The molecular weight excluding hydrogens is 464 g/mol. The minimum absolute atomic E-state index is 0.0149. The lowest BCUT2D eigenvalue weighted by atomic mass is 9.99. The summed E-state index contributed by atoms with van der Waals surface area (Å²) in [6, 6.07) is 14.5. The number of benzene rings is 1. The van der Waals surface area contributed by atoms with E-state index < -0.39 is 0 Å². The Hall–Kier alpha value is -2.44. The number of unbranched alkanes of at least 4 members (excludes halogenated alkanes) is 3. The zero-order valence-electron chi connectivity index (χ0n) is 19.2. The maximum absolute atomic E-state index is 13.2. The Morgan fingerprint density at radius 2 is 1.69 bits per heavy atom. The normalized spacial score (nSPS) is 11.2. The lowest BCUT2D eigenvalue weighted by Gasteiger charge is -2.18. The molecule has 0 amide bonds. The molecule has 0 aliphatic rings. The molecule has 170 valence electrons. The van der Waals surface area contributed by atoms with Gasteiger partial charge in [0.25, 0.3) is 5.56 Å². The molecule has 0 aliphatic carbocycles. The van der Waals surface area contributed by atoms with Gasteiger partial charge in [-0.25, -0.2) is 0 Å². The molecule has 0 saturated carbocycles. The van der Waals surface area contributed by atoms with Crippen molar-refractivity contribution < 1.29 is 0 Å². The third kappa shape index (κ3) is 6.53. The van der Waals surface area contributed by atoms with Crippen molar-refractivity contribution in [2.45, 2.75) is 45.6 Å². The SMILES string of the molecule is CC(C)NCCCCCCNc1cc(-c2ccncc2)c(-c2cccc(Br)c2)n(C)c1=O. The second-order valence-electron chi connectivity index (χ2n) is 8.38. The van der Waals surface area contributed by atoms with Crippen molar-refractivity contribution in [1.29, 1.82) is 0 Å². The average molecular weight is 497 g/mol. The van der Waals surface area contributed by atoms with Crippen LogP contribution in [-0.4, -0.2) is 28.7 Å². The topological polar surface area (TPSA) is 59.0 Å². The van der Waals surface area contributed by atoms with Gasteiger partial charge in [-0.1, -0.05) is 54.8 Å². The van der Waals surface area contributed by atoms with Crippen LogP contribution in [0.2, 0.25) is 0 Å². The van der Waals surface area contributed by atoms with Crippen LogP contribution in [0.1, 0.15) is 39.5 Å². The van der Waals surface area contributed by atoms with Gasteiger partial charge in [-0.05, 0) is 60.8 Å². The zero-order valence-corrected chi connectivity index (χ0v) is 20.8. The molecule has 5 nitrogen and oxygen atoms in total. The molecule has 0 aliphatic heterocycles. The summed E-state index contributed by atoms with van der Waals surface area (Å²) in [7, 11) is 1.84. The van der Waals surface area contributed by atoms with Crippen LogP contribution in [0.3, 0.4) is 0 Å². The second-order valence-corrected chi connectivity index (χ2v) is 9.30. The Kier molecular flexibility index (Phi) is 9.06. The third-order valence-electron chi connectivity index (χ3n) is 5.48. The Morgan fingerprint density at radius 1 is 0.969 bits per heavy atom. The third-order valence-corrected chi connectivity index (χ3v) is 5.97. The number of nitrogens with zero attached hydrogens (tertiary/aromatic N) is 2. The van der Waals surface area contributed by atoms with Gasteiger partial charge in [0, 0.05) is 42.1 Å². The van der Waals surface area contributed by atoms with Gasteiger partial charge in [-0.15, -0.1) is 0 Å². The number of rotatable bonds is 11. The summed E-state index contributed by atoms with van der Waals surface area (Å²) < 4.78 is 2.73. The fourth-order valence-electron chi connectivity index (χ4n) is 3.82. The molecule has 2 N–H and O–H groups in total. The minimum Gasteiger partial charge on any atom is -0.381 e. The van der Waals surface area contributed by atoms with Crippen molar-refractivity contribution in [3.05, 3.63) is 69.7 Å². The van der Waals surface area contributed by atoms with E-state index in [0.717, 1.165) is 52.8 Å². The summed E-state index contributed by atoms with van der Waals surface area (Å²) in [5.41, 5.74) is 4.55. The molecule has 3 aromatic rings. The van der Waals surface area contributed by atoms with E-state index in [1.54, 1.807) is 17.0 Å². The van der Waals surface area contributed by atoms with Crippen molar-refractivity contribution in [3.8, 4) is 22.4 Å². The molecule has 0 spiro atoms. The fourth-order valence-corrected chi connectivity index (χ4v) is 4.22. The van der Waals surface area contributed by atoms with Gasteiger partial charge < -0.3 is 15.2 Å². The first-order valence-corrected chi connectivity index (χ1v) is 12.1. The summed E-state index contributed by atoms with van der Waals surface area (Å²) in [6.07, 6.45) is 8.15. The molecule has 3 rings (SSSR count). The lowest BCUT2D eigenvalue weighted by molar-refractivity contribution is 0.544. The summed E-state index contributed by atoms with van der Waals surface area (Å²) in [5.74, 6) is 0. The molecular formula is C26H33BrN4O. The van der Waals surface area contributed by atoms with Crippen LogP contribution < -0.4 is 16.2 Å². The first kappa shape index (κ1) is 24.2. The van der Waals surface area contributed by atoms with Gasteiger partial charge in [0.1, 0.15) is 5.69 Å². The number of hydrogen-bond acceptors (Lipinski definition) is 4. The maximum atomic E-state index is 13.2. The number of anilines is 1. The van der Waals surface area contributed by atoms with Crippen LogP contribution in [0.5, 0.6) is 0 Å². The first-order chi connectivity index (χ1) is 15.5. The standard InChI is InChI=1S/C26H33BrN4O/c1-19(2)29-13-6-4-5-7-14-30-24-18-23(20-11-15-28-16-12-20)25(31(3)26(24)32)21-9-8-10-22(27)17-21/h8-12,15-19,29-30H,4-7,13-14H2,1-3H3. The van der Waals surface area contributed by atoms with Crippen molar-refractivity contribution >= 4 is 21.6 Å². The van der Waals surface area contributed by atoms with E-state index in [4.69, 9.17) is 0 Å². The average Bonchev–Trinajstić information content (AvgIpc) is 2.78. The minimum atomic E-state index is -0.0149. The van der Waals surface area contributed by atoms with Gasteiger partial charge in [0.2, 0.25) is 0 Å². The van der Waals surface area contributed by atoms with E-state index >= 15 is 0 Å². The molecule has 0 atom stereocenters. The van der Waals surface area contributed by atoms with Gasteiger partial charge in [0.15, 0.2) is 0 Å². The largest absolute Gasteiger partial charge is 0.381 e. The van der Waals surface area contributed by atoms with Gasteiger partial charge in [0.05, 0.1) is 5.69 Å². The predicted octanol–water partition coefficient (Wildman–Crippen LogP) is 5.85. The molecule has 0 bridgehead atoms. The van der Waals surface area contributed by atoms with Crippen molar-refractivity contribution in [2.24, 2.45) is 7.05 Å². The Morgan fingerprint density at radius 3 is 2.38 bits per heavy atom. The quantitative estimate of drug-likeness (QED) is 0.327. The molecule has 6 heteroatoms. The maximum Gasteiger partial charge on any atom is 0.274 e. The van der Waals surface area contributed by atoms with E-state index in [0.29, 0.717) is 11.7 Å². The number of hydrogen-bond donors (Lipinski definition) is 2. The molecule has 2 heterocycles. The van der Waals surface area contributed by atoms with E-state index in [9.17, 15) is 4.79 Å². The van der Waals surface area contributed by atoms with Crippen LogP contribution in [0.4, 0.5) is 5.69 Å². The van der Waals surface area contributed by atoms with Crippen LogP contribution in [0.15, 0.2) is 64.1 Å². The van der Waals surface area contributed by atoms with E-state index in [1.165, 1.54) is 12.8 Å². The summed E-state index contributed by atoms with van der Waals surface area (Å²) >= 11 is 3.56. The first-order valence-electron chi connectivity index (χ1n) is 11.3. The van der Waals surface area contributed by atoms with Crippen LogP contribution in [0.25, 0.3) is 22.4 Å². The predicted molar refractivity (Wildman–Crippen MR) is 138 cm³/mol. The van der Waals surface area contributed by atoms with E-state index in [-0.39, 0.29) is 5.56 Å². The Labute approximate surface area is 199 Å². The molecule has 0 unspecified atom stereocenters. The smallest absolute Gasteiger partial charge is 0.274 e. The number of halogens is 1. The number of pyridine rings is 2. The molecule has 0 fully saturated rings. The van der Waals surface area contributed by atoms with Gasteiger partial charge >= 0.3 is 0 Å². The Balaban J connectivity index is 1.79. The summed E-state index contributed by atoms with van der Waals surface area (Å²) in [4.78, 5) is 17.3. The Bertz CT molecular complexity index is 1060.